The van der Waals surface area contributed by atoms with Crippen LogP contribution in [0.2, 0.25) is 0 Å². The van der Waals surface area contributed by atoms with Crippen LogP contribution in [0.4, 0.5) is 0 Å². The van der Waals surface area contributed by atoms with Crippen LogP contribution in [0.15, 0.2) is 22.4 Å². The largest absolute Gasteiger partial charge is 0.368 e. The molecular weight excluding hydrogens is 390 g/mol. The number of hydrogen-bond donors (Lipinski definition) is 2. The zero-order chi connectivity index (χ0) is 21.8. The normalized spacial score (nSPS) is 12.1. The first kappa shape index (κ1) is 22.9. The monoisotopic (exact) mass is 419 g/mol. The lowest BCUT2D eigenvalue weighted by Gasteiger charge is -2.36. The molecule has 0 bridgehead atoms. The summed E-state index contributed by atoms with van der Waals surface area (Å²) in [7, 11) is 1.92. The highest BCUT2D eigenvalue weighted by molar-refractivity contribution is 7.17. The Morgan fingerprint density at radius 2 is 1.97 bits per heavy atom. The summed E-state index contributed by atoms with van der Waals surface area (Å²) in [6, 6.07) is 1.85. The van der Waals surface area contributed by atoms with Gasteiger partial charge in [-0.25, -0.2) is 9.67 Å². The molecule has 0 saturated heterocycles. The van der Waals surface area contributed by atoms with Crippen LogP contribution < -0.4 is 10.9 Å². The molecule has 0 saturated carbocycles. The lowest BCUT2D eigenvalue weighted by atomic mass is 9.97. The maximum atomic E-state index is 12.2. The number of carbonyl (C=O) groups is 1. The topological polar surface area (TPSA) is 102 Å². The van der Waals surface area contributed by atoms with Crippen LogP contribution in [0.25, 0.3) is 16.2 Å². The molecule has 9 heteroatoms. The lowest BCUT2D eigenvalue weighted by Crippen LogP contribution is -2.44. The van der Waals surface area contributed by atoms with E-state index in [1.807, 2.05) is 38.4 Å². The second-order valence-corrected chi connectivity index (χ2v) is 8.94. The molecule has 0 spiro atoms. The van der Waals surface area contributed by atoms with Crippen molar-refractivity contribution in [2.45, 2.75) is 52.2 Å². The van der Waals surface area contributed by atoms with Gasteiger partial charge < -0.3 is 14.8 Å². The molecule has 3 aromatic rings. The molecule has 2 N–H and O–H groups in total. The second kappa shape index (κ2) is 8.98. The highest BCUT2D eigenvalue weighted by Crippen LogP contribution is 2.26. The van der Waals surface area contributed by atoms with Gasteiger partial charge in [0, 0.05) is 18.7 Å². The number of H-pyrrole nitrogens is 1. The van der Waals surface area contributed by atoms with Crippen LogP contribution in [0, 0.1) is 6.92 Å². The molecular formula is C20H29N5O3S. The number of ether oxygens (including phenoxy) is 1. The van der Waals surface area contributed by atoms with E-state index in [-0.39, 0.29) is 16.8 Å². The van der Waals surface area contributed by atoms with E-state index < -0.39 is 0 Å². The van der Waals surface area contributed by atoms with Crippen molar-refractivity contribution in [3.05, 3.63) is 39.3 Å². The fourth-order valence-corrected chi connectivity index (χ4v) is 4.22. The van der Waals surface area contributed by atoms with Crippen LogP contribution in [0.1, 0.15) is 39.0 Å². The number of nitrogens with zero attached hydrogens (tertiary/aromatic N) is 3. The molecule has 29 heavy (non-hydrogen) atoms. The number of hydrogen-bond acceptors (Lipinski definition) is 7. The number of nitrogens with one attached hydrogen (secondary N) is 2. The summed E-state index contributed by atoms with van der Waals surface area (Å²) in [5.74, 6) is 0.434. The molecule has 3 rings (SSSR count). The predicted molar refractivity (Wildman–Crippen MR) is 116 cm³/mol. The highest BCUT2D eigenvalue weighted by atomic mass is 32.1. The number of carbonyl (C=O) groups excluding carboxylic acids is 1. The Kier molecular flexibility index (Phi) is 7.10. The van der Waals surface area contributed by atoms with Gasteiger partial charge in [0.2, 0.25) is 5.95 Å². The van der Waals surface area contributed by atoms with E-state index in [9.17, 15) is 4.79 Å². The van der Waals surface area contributed by atoms with Crippen LogP contribution in [0.5, 0.6) is 0 Å². The number of aromatic amines is 1. The number of aromatic nitrogens is 4. The van der Waals surface area contributed by atoms with Crippen LogP contribution >= 0.6 is 11.3 Å². The molecule has 158 valence electrons. The van der Waals surface area contributed by atoms with Gasteiger partial charge in [-0.1, -0.05) is 0 Å². The summed E-state index contributed by atoms with van der Waals surface area (Å²) >= 11 is 1.39. The molecule has 0 amide bonds. The fraction of sp³-hybridized carbons (Fsp3) is 0.500. The Balaban J connectivity index is 0.00000145. The maximum Gasteiger partial charge on any atom is 0.270 e. The van der Waals surface area contributed by atoms with Crippen LogP contribution in [0.3, 0.4) is 0 Å². The smallest absolute Gasteiger partial charge is 0.270 e. The van der Waals surface area contributed by atoms with Crippen molar-refractivity contribution >= 4 is 28.3 Å². The summed E-state index contributed by atoms with van der Waals surface area (Å²) in [6.07, 6.45) is 2.53. The SMILES string of the molecule is C=O.CNCC(C)(C)OC(C)(C)Cc1cnn(-c2nc3ccsc3c(=O)[nH]2)c1C. The van der Waals surface area contributed by atoms with Crippen LogP contribution in [-0.2, 0) is 16.0 Å². The molecule has 0 fully saturated rings. The van der Waals surface area contributed by atoms with E-state index in [4.69, 9.17) is 9.53 Å². The van der Waals surface area contributed by atoms with Gasteiger partial charge in [0.15, 0.2) is 0 Å². The zero-order valence-electron chi connectivity index (χ0n) is 17.8. The Hall–Kier alpha value is -2.36. The average Bonchev–Trinajstić information content (AvgIpc) is 3.23. The van der Waals surface area contributed by atoms with Crippen molar-refractivity contribution in [2.24, 2.45) is 0 Å². The van der Waals surface area contributed by atoms with Crippen LogP contribution in [-0.4, -0.2) is 51.3 Å². The highest BCUT2D eigenvalue weighted by Gasteiger charge is 2.30. The minimum atomic E-state index is -0.364. The Morgan fingerprint density at radius 1 is 1.28 bits per heavy atom. The number of rotatable bonds is 7. The van der Waals surface area contributed by atoms with Gasteiger partial charge in [-0.05, 0) is 58.7 Å². The quantitative estimate of drug-likeness (QED) is 0.610. The van der Waals surface area contributed by atoms with E-state index in [1.165, 1.54) is 11.3 Å². The van der Waals surface area contributed by atoms with Crippen molar-refractivity contribution in [3.63, 3.8) is 0 Å². The number of thiophene rings is 1. The van der Waals surface area contributed by atoms with Gasteiger partial charge in [-0.3, -0.25) is 9.78 Å². The lowest BCUT2D eigenvalue weighted by molar-refractivity contribution is -0.119. The molecule has 8 nitrogen and oxygen atoms in total. The minimum absolute atomic E-state index is 0.140. The molecule has 3 heterocycles. The summed E-state index contributed by atoms with van der Waals surface area (Å²) in [5.41, 5.74) is 1.91. The van der Waals surface area contributed by atoms with Gasteiger partial charge >= 0.3 is 0 Å². The zero-order valence-corrected chi connectivity index (χ0v) is 18.6. The average molecular weight is 420 g/mol. The van der Waals surface area contributed by atoms with E-state index >= 15 is 0 Å². The van der Waals surface area contributed by atoms with Gasteiger partial charge in [0.1, 0.15) is 11.5 Å². The van der Waals surface area contributed by atoms with Gasteiger partial charge in [-0.2, -0.15) is 5.10 Å². The maximum absolute atomic E-state index is 12.2. The third kappa shape index (κ3) is 5.37. The molecule has 0 unspecified atom stereocenters. The Morgan fingerprint density at radius 3 is 2.62 bits per heavy atom. The first-order chi connectivity index (χ1) is 13.6. The van der Waals surface area contributed by atoms with Crippen molar-refractivity contribution in [1.82, 2.24) is 25.1 Å². The molecule has 0 aliphatic rings. The van der Waals surface area contributed by atoms with E-state index in [1.54, 1.807) is 4.68 Å². The van der Waals surface area contributed by atoms with Gasteiger partial charge in [0.05, 0.1) is 22.9 Å². The van der Waals surface area contributed by atoms with E-state index in [2.05, 4.69) is 48.1 Å². The fourth-order valence-electron chi connectivity index (χ4n) is 3.50. The van der Waals surface area contributed by atoms with Gasteiger partial charge in [-0.15, -0.1) is 11.3 Å². The number of likely N-dealkylation sites (N-methyl/N-ethyl adjacent to an activating group) is 1. The molecule has 0 atom stereocenters. The molecule has 0 aromatic carbocycles. The third-order valence-electron chi connectivity index (χ3n) is 4.39. The molecule has 3 aromatic heterocycles. The summed E-state index contributed by atoms with van der Waals surface area (Å²) in [5, 5.41) is 9.49. The molecule has 0 radical (unpaired) electrons. The van der Waals surface area contributed by atoms with Crippen molar-refractivity contribution < 1.29 is 9.53 Å². The molecule has 0 aliphatic heterocycles. The van der Waals surface area contributed by atoms with E-state index in [0.717, 1.165) is 17.8 Å². The van der Waals surface area contributed by atoms with Gasteiger partial charge in [0.25, 0.3) is 5.56 Å². The standard InChI is InChI=1S/C19H27N5O2S.CH2O/c1-12-13(9-18(2,3)26-19(4,5)11-20-6)10-21-24(12)17-22-14-7-8-27-15(14)16(25)23-17;1-2/h7-8,10,20H,9,11H2,1-6H3,(H,22,23,25);1H2. The van der Waals surface area contributed by atoms with Crippen molar-refractivity contribution in [1.29, 1.82) is 0 Å². The van der Waals surface area contributed by atoms with E-state index in [0.29, 0.717) is 22.6 Å². The molecule has 0 aliphatic carbocycles. The van der Waals surface area contributed by atoms with Crippen molar-refractivity contribution in [2.75, 3.05) is 13.6 Å². The first-order valence-corrected chi connectivity index (χ1v) is 10.1. The first-order valence-electron chi connectivity index (χ1n) is 9.27. The Bertz CT molecular complexity index is 1020. The minimum Gasteiger partial charge on any atom is -0.368 e. The Labute approximate surface area is 174 Å². The third-order valence-corrected chi connectivity index (χ3v) is 5.29. The van der Waals surface area contributed by atoms with Crippen molar-refractivity contribution in [3.8, 4) is 5.95 Å². The number of fused-ring (bicyclic) bond motifs is 1. The summed E-state index contributed by atoms with van der Waals surface area (Å²) in [6.45, 7) is 13.1. The summed E-state index contributed by atoms with van der Waals surface area (Å²) < 4.78 is 8.65. The predicted octanol–water partition coefficient (Wildman–Crippen LogP) is 2.63. The second-order valence-electron chi connectivity index (χ2n) is 8.02. The summed E-state index contributed by atoms with van der Waals surface area (Å²) in [4.78, 5) is 27.6.